The minimum Gasteiger partial charge on any atom is -0.370 e. The number of nitrogens with one attached hydrogen (secondary N) is 1. The van der Waals surface area contributed by atoms with Crippen LogP contribution in [0.2, 0.25) is 0 Å². The number of aromatic nitrogens is 1. The lowest BCUT2D eigenvalue weighted by molar-refractivity contribution is 0.260. The highest BCUT2D eigenvalue weighted by Crippen LogP contribution is 2.39. The molecule has 2 unspecified atom stereocenters. The van der Waals surface area contributed by atoms with E-state index in [0.717, 1.165) is 25.8 Å². The number of hydrogen-bond acceptors (Lipinski definition) is 4. The van der Waals surface area contributed by atoms with E-state index in [1.165, 1.54) is 19.0 Å². The third-order valence-corrected chi connectivity index (χ3v) is 6.57. The molecule has 5 nitrogen and oxygen atoms in total. The molecule has 1 aromatic heterocycles. The van der Waals surface area contributed by atoms with Crippen LogP contribution < -0.4 is 5.32 Å². The Balaban J connectivity index is 1.83. The van der Waals surface area contributed by atoms with Gasteiger partial charge in [0, 0.05) is 25.3 Å². The highest BCUT2D eigenvalue weighted by atomic mass is 32.2. The Bertz CT molecular complexity index is 585. The summed E-state index contributed by atoms with van der Waals surface area (Å²) in [6, 6.07) is 3.61. The normalized spacial score (nSPS) is 26.5. The molecule has 0 aromatic carbocycles. The quantitative estimate of drug-likeness (QED) is 0.928. The molecule has 2 fully saturated rings. The summed E-state index contributed by atoms with van der Waals surface area (Å²) in [5, 5.41) is 3.08. The zero-order valence-corrected chi connectivity index (χ0v) is 13.3. The maximum atomic E-state index is 12.8. The van der Waals surface area contributed by atoms with Crippen molar-refractivity contribution in [2.24, 2.45) is 5.92 Å². The van der Waals surface area contributed by atoms with Crippen LogP contribution in [0.15, 0.2) is 23.2 Å². The average Bonchev–Trinajstić information content (AvgIpc) is 2.93. The van der Waals surface area contributed by atoms with Crippen LogP contribution in [0.5, 0.6) is 0 Å². The summed E-state index contributed by atoms with van der Waals surface area (Å²) in [7, 11) is -3.40. The van der Waals surface area contributed by atoms with Crippen molar-refractivity contribution in [3.8, 4) is 0 Å². The molecule has 2 heterocycles. The molecule has 0 spiro atoms. The second kappa shape index (κ2) is 5.93. The van der Waals surface area contributed by atoms with Gasteiger partial charge in [0.1, 0.15) is 10.7 Å². The molecule has 0 amide bonds. The largest absolute Gasteiger partial charge is 0.370 e. The summed E-state index contributed by atoms with van der Waals surface area (Å²) >= 11 is 0. The summed E-state index contributed by atoms with van der Waals surface area (Å²) in [6.07, 6.45) is 7.05. The van der Waals surface area contributed by atoms with Crippen molar-refractivity contribution in [3.05, 3.63) is 18.3 Å². The SMILES string of the molecule is CCNc1ccc(S(=O)(=O)N2CCC3CCCCC32)cn1. The molecule has 1 aromatic rings. The Hall–Kier alpha value is -1.14. The van der Waals surface area contributed by atoms with Crippen molar-refractivity contribution in [2.45, 2.75) is 50.0 Å². The van der Waals surface area contributed by atoms with Crippen LogP contribution in [0.4, 0.5) is 5.82 Å². The number of anilines is 1. The summed E-state index contributed by atoms with van der Waals surface area (Å²) in [6.45, 7) is 3.42. The maximum Gasteiger partial charge on any atom is 0.244 e. The van der Waals surface area contributed by atoms with Crippen molar-refractivity contribution in [3.63, 3.8) is 0 Å². The van der Waals surface area contributed by atoms with Gasteiger partial charge in [0.15, 0.2) is 0 Å². The second-order valence-corrected chi connectivity index (χ2v) is 7.82. The van der Waals surface area contributed by atoms with E-state index in [1.807, 2.05) is 6.92 Å². The Morgan fingerprint density at radius 3 is 2.81 bits per heavy atom. The topological polar surface area (TPSA) is 62.3 Å². The number of rotatable bonds is 4. The molecule has 116 valence electrons. The first-order chi connectivity index (χ1) is 10.1. The highest BCUT2D eigenvalue weighted by molar-refractivity contribution is 7.89. The number of fused-ring (bicyclic) bond motifs is 1. The lowest BCUT2D eigenvalue weighted by Gasteiger charge is -2.30. The molecule has 2 aliphatic rings. The molecule has 1 aliphatic heterocycles. The summed E-state index contributed by atoms with van der Waals surface area (Å²) in [5.41, 5.74) is 0. The van der Waals surface area contributed by atoms with Crippen molar-refractivity contribution >= 4 is 15.8 Å². The van der Waals surface area contributed by atoms with Crippen LogP contribution in [-0.2, 0) is 10.0 Å². The summed E-state index contributed by atoms with van der Waals surface area (Å²) in [5.74, 6) is 1.27. The minimum absolute atomic E-state index is 0.206. The number of pyridine rings is 1. The van der Waals surface area contributed by atoms with Crippen molar-refractivity contribution in [1.82, 2.24) is 9.29 Å². The van der Waals surface area contributed by atoms with E-state index in [0.29, 0.717) is 23.2 Å². The van der Waals surface area contributed by atoms with Gasteiger partial charge in [0.05, 0.1) is 0 Å². The van der Waals surface area contributed by atoms with Crippen LogP contribution in [0.1, 0.15) is 39.0 Å². The Morgan fingerprint density at radius 1 is 1.29 bits per heavy atom. The molecule has 1 saturated carbocycles. The molecule has 0 radical (unpaired) electrons. The average molecular weight is 309 g/mol. The molecule has 1 saturated heterocycles. The lowest BCUT2D eigenvalue weighted by atomic mass is 9.86. The lowest BCUT2D eigenvalue weighted by Crippen LogP contribution is -2.39. The zero-order chi connectivity index (χ0) is 14.9. The fourth-order valence-electron chi connectivity index (χ4n) is 3.62. The van der Waals surface area contributed by atoms with E-state index in [2.05, 4.69) is 10.3 Å². The fourth-order valence-corrected chi connectivity index (χ4v) is 5.29. The van der Waals surface area contributed by atoms with Gasteiger partial charge in [-0.25, -0.2) is 13.4 Å². The molecule has 0 bridgehead atoms. The maximum absolute atomic E-state index is 12.8. The van der Waals surface area contributed by atoms with E-state index < -0.39 is 10.0 Å². The van der Waals surface area contributed by atoms with Gasteiger partial charge >= 0.3 is 0 Å². The molecule has 3 rings (SSSR count). The molecule has 6 heteroatoms. The zero-order valence-electron chi connectivity index (χ0n) is 12.5. The Labute approximate surface area is 126 Å². The smallest absolute Gasteiger partial charge is 0.244 e. The minimum atomic E-state index is -3.40. The van der Waals surface area contributed by atoms with E-state index in [9.17, 15) is 8.42 Å². The van der Waals surface area contributed by atoms with Crippen LogP contribution in [0, 0.1) is 5.92 Å². The fraction of sp³-hybridized carbons (Fsp3) is 0.667. The highest BCUT2D eigenvalue weighted by Gasteiger charge is 2.42. The third kappa shape index (κ3) is 2.79. The molecule has 2 atom stereocenters. The van der Waals surface area contributed by atoms with Gasteiger partial charge in [0.25, 0.3) is 0 Å². The predicted octanol–water partition coefficient (Wildman–Crippen LogP) is 2.47. The molecule has 1 aliphatic carbocycles. The summed E-state index contributed by atoms with van der Waals surface area (Å²) < 4.78 is 27.4. The molecule has 21 heavy (non-hydrogen) atoms. The Kier molecular flexibility index (Phi) is 4.17. The number of sulfonamides is 1. The molecular weight excluding hydrogens is 286 g/mol. The first kappa shape index (κ1) is 14.8. The molecular formula is C15H23N3O2S. The van der Waals surface area contributed by atoms with Crippen LogP contribution in [0.25, 0.3) is 0 Å². The van der Waals surface area contributed by atoms with Gasteiger partial charge in [-0.3, -0.25) is 0 Å². The summed E-state index contributed by atoms with van der Waals surface area (Å²) in [4.78, 5) is 4.51. The van der Waals surface area contributed by atoms with E-state index >= 15 is 0 Å². The first-order valence-corrected chi connectivity index (χ1v) is 9.28. The van der Waals surface area contributed by atoms with E-state index in [4.69, 9.17) is 0 Å². The monoisotopic (exact) mass is 309 g/mol. The Morgan fingerprint density at radius 2 is 2.10 bits per heavy atom. The van der Waals surface area contributed by atoms with Crippen LogP contribution in [0.3, 0.4) is 0 Å². The number of hydrogen-bond donors (Lipinski definition) is 1. The second-order valence-electron chi connectivity index (χ2n) is 5.93. The third-order valence-electron chi connectivity index (χ3n) is 4.66. The van der Waals surface area contributed by atoms with E-state index in [-0.39, 0.29) is 6.04 Å². The van der Waals surface area contributed by atoms with Crippen molar-refractivity contribution in [1.29, 1.82) is 0 Å². The van der Waals surface area contributed by atoms with Gasteiger partial charge in [-0.15, -0.1) is 0 Å². The van der Waals surface area contributed by atoms with E-state index in [1.54, 1.807) is 16.4 Å². The van der Waals surface area contributed by atoms with Gasteiger partial charge in [0.2, 0.25) is 10.0 Å². The van der Waals surface area contributed by atoms with Gasteiger partial charge < -0.3 is 5.32 Å². The van der Waals surface area contributed by atoms with Gasteiger partial charge in [-0.1, -0.05) is 12.8 Å². The van der Waals surface area contributed by atoms with Crippen molar-refractivity contribution < 1.29 is 8.42 Å². The van der Waals surface area contributed by atoms with Gasteiger partial charge in [-0.05, 0) is 44.2 Å². The molecule has 1 N–H and O–H groups in total. The van der Waals surface area contributed by atoms with Crippen LogP contribution >= 0.6 is 0 Å². The number of nitrogens with zero attached hydrogens (tertiary/aromatic N) is 2. The van der Waals surface area contributed by atoms with Gasteiger partial charge in [-0.2, -0.15) is 4.31 Å². The predicted molar refractivity (Wildman–Crippen MR) is 82.7 cm³/mol. The standard InChI is InChI=1S/C15H23N3O2S/c1-2-16-15-8-7-13(11-17-15)21(19,20)18-10-9-12-5-3-4-6-14(12)18/h7-8,11-12,14H,2-6,9-10H2,1H3,(H,16,17). The first-order valence-electron chi connectivity index (χ1n) is 7.84. The van der Waals surface area contributed by atoms with Crippen molar-refractivity contribution in [2.75, 3.05) is 18.4 Å². The van der Waals surface area contributed by atoms with Crippen LogP contribution in [-0.4, -0.2) is 36.8 Å².